The van der Waals surface area contributed by atoms with Crippen molar-refractivity contribution in [3.05, 3.63) is 17.7 Å². The van der Waals surface area contributed by atoms with Crippen LogP contribution in [0.1, 0.15) is 18.4 Å². The van der Waals surface area contributed by atoms with Gasteiger partial charge in [-0.2, -0.15) is 0 Å². The molecule has 0 bridgehead atoms. The van der Waals surface area contributed by atoms with Gasteiger partial charge in [0, 0.05) is 24.7 Å². The van der Waals surface area contributed by atoms with Crippen molar-refractivity contribution in [3.63, 3.8) is 0 Å². The zero-order valence-electron chi connectivity index (χ0n) is 12.4. The molecule has 1 aliphatic heterocycles. The SMILES string of the molecule is COc1cc(OC)c(OC)cc1CN1CCC[C@@H](O)C1. The summed E-state index contributed by atoms with van der Waals surface area (Å²) < 4.78 is 16.1. The molecule has 1 fully saturated rings. The van der Waals surface area contributed by atoms with Crippen molar-refractivity contribution in [2.24, 2.45) is 0 Å². The van der Waals surface area contributed by atoms with Crippen molar-refractivity contribution in [2.45, 2.75) is 25.5 Å². The summed E-state index contributed by atoms with van der Waals surface area (Å²) in [6, 6.07) is 3.78. The lowest BCUT2D eigenvalue weighted by molar-refractivity contribution is 0.0664. The van der Waals surface area contributed by atoms with E-state index in [-0.39, 0.29) is 6.10 Å². The fourth-order valence-electron chi connectivity index (χ4n) is 2.63. The first-order valence-corrected chi connectivity index (χ1v) is 6.87. The molecule has 20 heavy (non-hydrogen) atoms. The second kappa shape index (κ2) is 6.81. The summed E-state index contributed by atoms with van der Waals surface area (Å²) in [4.78, 5) is 2.23. The average Bonchev–Trinajstić information content (AvgIpc) is 2.46. The molecule has 1 heterocycles. The molecular formula is C15H23NO4. The number of hydrogen-bond donors (Lipinski definition) is 1. The lowest BCUT2D eigenvalue weighted by Gasteiger charge is -2.30. The van der Waals surface area contributed by atoms with Crippen LogP contribution in [0, 0.1) is 0 Å². The molecule has 5 nitrogen and oxygen atoms in total. The van der Waals surface area contributed by atoms with Crippen LogP contribution in [0.3, 0.4) is 0 Å². The van der Waals surface area contributed by atoms with Gasteiger partial charge in [-0.3, -0.25) is 4.90 Å². The molecule has 1 aromatic rings. The standard InChI is InChI=1S/C15H23NO4/c1-18-13-8-15(20-3)14(19-2)7-11(13)9-16-6-4-5-12(17)10-16/h7-8,12,17H,4-6,9-10H2,1-3H3/t12-/m1/s1. The molecule has 0 radical (unpaired) electrons. The number of ether oxygens (including phenoxy) is 3. The van der Waals surface area contributed by atoms with Gasteiger partial charge in [-0.05, 0) is 25.5 Å². The van der Waals surface area contributed by atoms with Crippen molar-refractivity contribution in [3.8, 4) is 17.2 Å². The highest BCUT2D eigenvalue weighted by Crippen LogP contribution is 2.35. The van der Waals surface area contributed by atoms with Crippen molar-refractivity contribution >= 4 is 0 Å². The van der Waals surface area contributed by atoms with E-state index in [1.54, 1.807) is 21.3 Å². The first-order valence-electron chi connectivity index (χ1n) is 6.87. The molecule has 0 amide bonds. The van der Waals surface area contributed by atoms with E-state index in [9.17, 15) is 5.11 Å². The fourth-order valence-corrected chi connectivity index (χ4v) is 2.63. The topological polar surface area (TPSA) is 51.2 Å². The third kappa shape index (κ3) is 3.35. The molecular weight excluding hydrogens is 258 g/mol. The largest absolute Gasteiger partial charge is 0.496 e. The number of aliphatic hydroxyl groups excluding tert-OH is 1. The number of methoxy groups -OCH3 is 3. The summed E-state index contributed by atoms with van der Waals surface area (Å²) in [6.45, 7) is 2.44. The van der Waals surface area contributed by atoms with E-state index in [0.717, 1.165) is 37.2 Å². The second-order valence-corrected chi connectivity index (χ2v) is 5.05. The summed E-state index contributed by atoms with van der Waals surface area (Å²) in [5.41, 5.74) is 1.04. The summed E-state index contributed by atoms with van der Waals surface area (Å²) in [5, 5.41) is 9.75. The molecule has 5 heteroatoms. The Morgan fingerprint density at radius 3 is 2.35 bits per heavy atom. The maximum atomic E-state index is 9.75. The smallest absolute Gasteiger partial charge is 0.164 e. The van der Waals surface area contributed by atoms with Crippen LogP contribution in [0.15, 0.2) is 12.1 Å². The Morgan fingerprint density at radius 1 is 1.10 bits per heavy atom. The Balaban J connectivity index is 2.21. The van der Waals surface area contributed by atoms with E-state index in [1.807, 2.05) is 12.1 Å². The quantitative estimate of drug-likeness (QED) is 0.889. The Labute approximate surface area is 120 Å². The minimum absolute atomic E-state index is 0.227. The Bertz CT molecular complexity index is 450. The number of β-amino-alcohol motifs (C(OH)–C–C–N with tert-alkyl or cyclic N) is 1. The Hall–Kier alpha value is -1.46. The monoisotopic (exact) mass is 281 g/mol. The number of nitrogens with zero attached hydrogens (tertiary/aromatic N) is 1. The molecule has 0 aliphatic carbocycles. The molecule has 0 saturated carbocycles. The van der Waals surface area contributed by atoms with Crippen LogP contribution < -0.4 is 14.2 Å². The number of rotatable bonds is 5. The molecule has 1 atom stereocenters. The molecule has 2 rings (SSSR count). The number of aliphatic hydroxyl groups is 1. The first-order chi connectivity index (χ1) is 9.67. The van der Waals surface area contributed by atoms with E-state index in [4.69, 9.17) is 14.2 Å². The maximum absolute atomic E-state index is 9.75. The van der Waals surface area contributed by atoms with Crippen LogP contribution in [-0.2, 0) is 6.54 Å². The molecule has 0 aromatic heterocycles. The van der Waals surface area contributed by atoms with Gasteiger partial charge in [0.15, 0.2) is 11.5 Å². The predicted octanol–water partition coefficient (Wildman–Crippen LogP) is 1.67. The minimum Gasteiger partial charge on any atom is -0.496 e. The Kier molecular flexibility index (Phi) is 5.09. The van der Waals surface area contributed by atoms with Crippen molar-refractivity contribution in [1.29, 1.82) is 0 Å². The molecule has 0 unspecified atom stereocenters. The third-order valence-corrected chi connectivity index (χ3v) is 3.66. The average molecular weight is 281 g/mol. The van der Waals surface area contributed by atoms with Gasteiger partial charge in [-0.25, -0.2) is 0 Å². The van der Waals surface area contributed by atoms with Crippen LogP contribution in [0.25, 0.3) is 0 Å². The molecule has 1 N–H and O–H groups in total. The van der Waals surface area contributed by atoms with E-state index in [0.29, 0.717) is 18.0 Å². The van der Waals surface area contributed by atoms with E-state index >= 15 is 0 Å². The molecule has 112 valence electrons. The van der Waals surface area contributed by atoms with Gasteiger partial charge in [0.25, 0.3) is 0 Å². The normalized spacial score (nSPS) is 19.7. The molecule has 1 aliphatic rings. The van der Waals surface area contributed by atoms with E-state index < -0.39 is 0 Å². The number of hydrogen-bond acceptors (Lipinski definition) is 5. The zero-order chi connectivity index (χ0) is 14.5. The number of piperidine rings is 1. The van der Waals surface area contributed by atoms with Gasteiger partial charge in [0.05, 0.1) is 27.4 Å². The van der Waals surface area contributed by atoms with Crippen LogP contribution in [0.2, 0.25) is 0 Å². The minimum atomic E-state index is -0.227. The zero-order valence-corrected chi connectivity index (χ0v) is 12.4. The third-order valence-electron chi connectivity index (χ3n) is 3.66. The van der Waals surface area contributed by atoms with Crippen molar-refractivity contribution < 1.29 is 19.3 Å². The van der Waals surface area contributed by atoms with Gasteiger partial charge < -0.3 is 19.3 Å². The number of benzene rings is 1. The maximum Gasteiger partial charge on any atom is 0.164 e. The molecule has 1 aromatic carbocycles. The van der Waals surface area contributed by atoms with Crippen LogP contribution in [-0.4, -0.2) is 50.5 Å². The van der Waals surface area contributed by atoms with Crippen molar-refractivity contribution in [2.75, 3.05) is 34.4 Å². The lowest BCUT2D eigenvalue weighted by Crippen LogP contribution is -2.37. The highest BCUT2D eigenvalue weighted by molar-refractivity contribution is 5.50. The Morgan fingerprint density at radius 2 is 1.75 bits per heavy atom. The van der Waals surface area contributed by atoms with Crippen LogP contribution in [0.4, 0.5) is 0 Å². The lowest BCUT2D eigenvalue weighted by atomic mass is 10.1. The van der Waals surface area contributed by atoms with Crippen molar-refractivity contribution in [1.82, 2.24) is 4.90 Å². The molecule has 0 spiro atoms. The summed E-state index contributed by atoms with van der Waals surface area (Å²) in [7, 11) is 4.88. The highest BCUT2D eigenvalue weighted by Gasteiger charge is 2.20. The second-order valence-electron chi connectivity index (χ2n) is 5.05. The van der Waals surface area contributed by atoms with Gasteiger partial charge in [0.1, 0.15) is 5.75 Å². The molecule has 1 saturated heterocycles. The van der Waals surface area contributed by atoms with Gasteiger partial charge in [-0.15, -0.1) is 0 Å². The fraction of sp³-hybridized carbons (Fsp3) is 0.600. The first kappa shape index (κ1) is 14.9. The van der Waals surface area contributed by atoms with Crippen LogP contribution in [0.5, 0.6) is 17.2 Å². The highest BCUT2D eigenvalue weighted by atomic mass is 16.5. The van der Waals surface area contributed by atoms with E-state index in [1.165, 1.54) is 0 Å². The summed E-state index contributed by atoms with van der Waals surface area (Å²) in [6.07, 6.45) is 1.69. The summed E-state index contributed by atoms with van der Waals surface area (Å²) in [5.74, 6) is 2.13. The van der Waals surface area contributed by atoms with E-state index in [2.05, 4.69) is 4.90 Å². The number of likely N-dealkylation sites (tertiary alicyclic amines) is 1. The van der Waals surface area contributed by atoms with Gasteiger partial charge in [0.2, 0.25) is 0 Å². The van der Waals surface area contributed by atoms with Gasteiger partial charge >= 0.3 is 0 Å². The summed E-state index contributed by atoms with van der Waals surface area (Å²) >= 11 is 0. The van der Waals surface area contributed by atoms with Gasteiger partial charge in [-0.1, -0.05) is 0 Å². The predicted molar refractivity (Wildman–Crippen MR) is 76.6 cm³/mol. The van der Waals surface area contributed by atoms with Crippen LogP contribution >= 0.6 is 0 Å².